The Labute approximate surface area is 213 Å². The van der Waals surface area contributed by atoms with Crippen LogP contribution in [0.25, 0.3) is 11.1 Å². The number of aryl methyl sites for hydroxylation is 2. The molecule has 2 aliphatic carbocycles. The average molecular weight is 479 g/mol. The van der Waals surface area contributed by atoms with Crippen molar-refractivity contribution < 1.29 is 9.13 Å². The lowest BCUT2D eigenvalue weighted by atomic mass is 9.70. The molecule has 2 saturated carbocycles. The highest BCUT2D eigenvalue weighted by Crippen LogP contribution is 2.41. The third-order valence-corrected chi connectivity index (χ3v) is 9.04. The summed E-state index contributed by atoms with van der Waals surface area (Å²) < 4.78 is 17.8. The highest BCUT2D eigenvalue weighted by atomic mass is 19.1. The lowest BCUT2D eigenvalue weighted by Gasteiger charge is -2.37. The van der Waals surface area contributed by atoms with Gasteiger partial charge in [0.15, 0.2) is 0 Å². The van der Waals surface area contributed by atoms with Crippen LogP contribution in [0.5, 0.6) is 0 Å². The Hall–Kier alpha value is -1.67. The molecule has 0 bridgehead atoms. The molecule has 0 unspecified atom stereocenters. The van der Waals surface area contributed by atoms with Gasteiger partial charge >= 0.3 is 0 Å². The van der Waals surface area contributed by atoms with Crippen LogP contribution in [0.1, 0.15) is 94.6 Å². The standard InChI is InChI=1S/C33H47FO/c1-35-33-23-21-32(22-24-33)31-19-13-28(14-20-31)8-7-27-11-17-30(18-12-27)29-15-9-26(10-16-29)6-4-2-3-5-25-34/h9-12,15-18,28,31-33H,2-8,13-14,19-25H2,1H3/t28-,31-,32-,33-. The Morgan fingerprint density at radius 3 is 1.69 bits per heavy atom. The summed E-state index contributed by atoms with van der Waals surface area (Å²) in [7, 11) is 1.88. The maximum atomic E-state index is 12.2. The molecule has 2 heteroatoms. The van der Waals surface area contributed by atoms with Crippen molar-refractivity contribution in [3.05, 3.63) is 59.7 Å². The van der Waals surface area contributed by atoms with Gasteiger partial charge in [0.1, 0.15) is 0 Å². The van der Waals surface area contributed by atoms with Gasteiger partial charge in [0.2, 0.25) is 0 Å². The number of alkyl halides is 1. The number of hydrogen-bond donors (Lipinski definition) is 0. The summed E-state index contributed by atoms with van der Waals surface area (Å²) in [5.41, 5.74) is 5.49. The van der Waals surface area contributed by atoms with Crippen LogP contribution in [0.2, 0.25) is 0 Å². The van der Waals surface area contributed by atoms with E-state index in [1.54, 1.807) is 0 Å². The Morgan fingerprint density at radius 1 is 0.629 bits per heavy atom. The van der Waals surface area contributed by atoms with Crippen LogP contribution in [0, 0.1) is 17.8 Å². The first kappa shape index (κ1) is 26.4. The number of rotatable bonds is 12. The summed E-state index contributed by atoms with van der Waals surface area (Å²) in [5, 5.41) is 0. The summed E-state index contributed by atoms with van der Waals surface area (Å²) in [6, 6.07) is 18.3. The molecule has 0 atom stereocenters. The molecule has 192 valence electrons. The number of unbranched alkanes of at least 4 members (excludes halogenated alkanes) is 3. The molecule has 0 aliphatic heterocycles. The fraction of sp³-hybridized carbons (Fsp3) is 0.636. The van der Waals surface area contributed by atoms with E-state index in [2.05, 4.69) is 48.5 Å². The van der Waals surface area contributed by atoms with Crippen molar-refractivity contribution in [3.63, 3.8) is 0 Å². The first-order chi connectivity index (χ1) is 17.2. The summed E-state index contributed by atoms with van der Waals surface area (Å²) in [6.45, 7) is -0.175. The van der Waals surface area contributed by atoms with Gasteiger partial charge in [0.25, 0.3) is 0 Å². The second-order valence-corrected chi connectivity index (χ2v) is 11.3. The summed E-state index contributed by atoms with van der Waals surface area (Å²) in [5.74, 6) is 2.87. The van der Waals surface area contributed by atoms with Crippen molar-refractivity contribution in [3.8, 4) is 11.1 Å². The van der Waals surface area contributed by atoms with Crippen molar-refractivity contribution in [2.45, 2.75) is 102 Å². The first-order valence-electron chi connectivity index (χ1n) is 14.5. The van der Waals surface area contributed by atoms with Gasteiger partial charge < -0.3 is 4.74 Å². The average Bonchev–Trinajstić information content (AvgIpc) is 2.93. The minimum Gasteiger partial charge on any atom is -0.381 e. The molecule has 2 aliphatic rings. The molecule has 35 heavy (non-hydrogen) atoms. The van der Waals surface area contributed by atoms with Gasteiger partial charge in [-0.15, -0.1) is 0 Å². The predicted octanol–water partition coefficient (Wildman–Crippen LogP) is 9.37. The molecule has 0 amide bonds. The first-order valence-corrected chi connectivity index (χ1v) is 14.5. The van der Waals surface area contributed by atoms with E-state index < -0.39 is 0 Å². The minimum absolute atomic E-state index is 0.175. The lowest BCUT2D eigenvalue weighted by molar-refractivity contribution is 0.0392. The maximum Gasteiger partial charge on any atom is 0.0894 e. The second kappa shape index (κ2) is 14.2. The topological polar surface area (TPSA) is 9.23 Å². The Bertz CT molecular complexity index is 826. The number of hydrogen-bond acceptors (Lipinski definition) is 1. The Balaban J connectivity index is 1.16. The molecule has 0 saturated heterocycles. The van der Waals surface area contributed by atoms with Gasteiger partial charge in [-0.1, -0.05) is 74.2 Å². The van der Waals surface area contributed by atoms with Crippen LogP contribution in [-0.2, 0) is 17.6 Å². The maximum absolute atomic E-state index is 12.2. The second-order valence-electron chi connectivity index (χ2n) is 11.3. The van der Waals surface area contributed by atoms with Crippen molar-refractivity contribution >= 4 is 0 Å². The van der Waals surface area contributed by atoms with E-state index in [1.165, 1.54) is 86.5 Å². The van der Waals surface area contributed by atoms with Gasteiger partial charge in [0, 0.05) is 7.11 Å². The molecule has 2 aromatic rings. The SMILES string of the molecule is CO[C@H]1CC[C@H]([C@H]2CC[C@H](CCc3ccc(-c4ccc(CCCCCCF)cc4)cc3)CC2)CC1. The molecular weight excluding hydrogens is 431 g/mol. The van der Waals surface area contributed by atoms with Crippen molar-refractivity contribution in [1.29, 1.82) is 0 Å². The summed E-state index contributed by atoms with van der Waals surface area (Å²) in [6.07, 6.45) is 19.4. The van der Waals surface area contributed by atoms with E-state index in [9.17, 15) is 4.39 Å². The van der Waals surface area contributed by atoms with E-state index >= 15 is 0 Å². The van der Waals surface area contributed by atoms with Crippen molar-refractivity contribution in [2.75, 3.05) is 13.8 Å². The highest BCUT2D eigenvalue weighted by molar-refractivity contribution is 5.64. The van der Waals surface area contributed by atoms with Crippen LogP contribution >= 0.6 is 0 Å². The summed E-state index contributed by atoms with van der Waals surface area (Å²) in [4.78, 5) is 0. The van der Waals surface area contributed by atoms with E-state index in [4.69, 9.17) is 4.74 Å². The zero-order valence-electron chi connectivity index (χ0n) is 22.0. The Kier molecular flexibility index (Phi) is 10.7. The quantitative estimate of drug-likeness (QED) is 0.276. The smallest absolute Gasteiger partial charge is 0.0894 e. The largest absolute Gasteiger partial charge is 0.381 e. The van der Waals surface area contributed by atoms with Crippen LogP contribution in [0.15, 0.2) is 48.5 Å². The molecule has 2 aromatic carbocycles. The Morgan fingerprint density at radius 2 is 1.14 bits per heavy atom. The molecule has 0 heterocycles. The molecular formula is C33H47FO. The van der Waals surface area contributed by atoms with E-state index in [1.807, 2.05) is 7.11 Å². The van der Waals surface area contributed by atoms with Gasteiger partial charge in [-0.05, 0) is 111 Å². The van der Waals surface area contributed by atoms with Crippen LogP contribution in [-0.4, -0.2) is 19.9 Å². The third-order valence-electron chi connectivity index (χ3n) is 9.04. The molecule has 0 N–H and O–H groups in total. The normalized spacial score (nSPS) is 25.0. The number of halogens is 1. The molecule has 1 nitrogen and oxygen atoms in total. The van der Waals surface area contributed by atoms with Gasteiger partial charge in [-0.2, -0.15) is 0 Å². The molecule has 4 rings (SSSR count). The fourth-order valence-corrected chi connectivity index (χ4v) is 6.62. The van der Waals surface area contributed by atoms with E-state index in [0.29, 0.717) is 12.5 Å². The van der Waals surface area contributed by atoms with E-state index in [0.717, 1.165) is 43.4 Å². The molecule has 0 aromatic heterocycles. The zero-order chi connectivity index (χ0) is 24.3. The van der Waals surface area contributed by atoms with Gasteiger partial charge in [0.05, 0.1) is 12.8 Å². The lowest BCUT2D eigenvalue weighted by Crippen LogP contribution is -2.28. The van der Waals surface area contributed by atoms with Crippen molar-refractivity contribution in [1.82, 2.24) is 0 Å². The molecule has 2 fully saturated rings. The van der Waals surface area contributed by atoms with E-state index in [-0.39, 0.29) is 6.67 Å². The van der Waals surface area contributed by atoms with Crippen LogP contribution in [0.4, 0.5) is 4.39 Å². The number of methoxy groups -OCH3 is 1. The van der Waals surface area contributed by atoms with Crippen LogP contribution < -0.4 is 0 Å². The van der Waals surface area contributed by atoms with Crippen molar-refractivity contribution in [2.24, 2.45) is 17.8 Å². The monoisotopic (exact) mass is 478 g/mol. The zero-order valence-corrected chi connectivity index (χ0v) is 22.0. The molecule has 0 radical (unpaired) electrons. The summed E-state index contributed by atoms with van der Waals surface area (Å²) >= 11 is 0. The predicted molar refractivity (Wildman–Crippen MR) is 147 cm³/mol. The number of ether oxygens (including phenoxy) is 1. The number of benzene rings is 2. The van der Waals surface area contributed by atoms with Crippen LogP contribution in [0.3, 0.4) is 0 Å². The van der Waals surface area contributed by atoms with Gasteiger partial charge in [-0.3, -0.25) is 4.39 Å². The fourth-order valence-electron chi connectivity index (χ4n) is 6.62. The minimum atomic E-state index is -0.175. The molecule has 0 spiro atoms. The third kappa shape index (κ3) is 8.17. The highest BCUT2D eigenvalue weighted by Gasteiger charge is 2.30. The van der Waals surface area contributed by atoms with Gasteiger partial charge in [-0.25, -0.2) is 0 Å².